The Balaban J connectivity index is 2.52. The average Bonchev–Trinajstić information content (AvgIpc) is 2.36. The van der Waals surface area contributed by atoms with Crippen molar-refractivity contribution < 1.29 is 27.8 Å². The van der Waals surface area contributed by atoms with Gasteiger partial charge in [-0.05, 0) is 18.1 Å². The zero-order valence-corrected chi connectivity index (χ0v) is 10.6. The minimum atomic E-state index is -4.34. The highest BCUT2D eigenvalue weighted by molar-refractivity contribution is 5.33. The molecule has 1 atom stereocenters. The summed E-state index contributed by atoms with van der Waals surface area (Å²) in [6.45, 7) is -1.68. The summed E-state index contributed by atoms with van der Waals surface area (Å²) in [6, 6.07) is 7.19. The van der Waals surface area contributed by atoms with Crippen molar-refractivity contribution in [2.75, 3.05) is 26.9 Å². The van der Waals surface area contributed by atoms with Gasteiger partial charge < -0.3 is 14.6 Å². The van der Waals surface area contributed by atoms with Gasteiger partial charge in [0.15, 0.2) is 0 Å². The largest absolute Gasteiger partial charge is 0.496 e. The van der Waals surface area contributed by atoms with Crippen molar-refractivity contribution in [3.8, 4) is 5.75 Å². The molecule has 0 saturated heterocycles. The SMILES string of the molecule is COc1ccccc1CC(CO)COCC(F)(F)F. The van der Waals surface area contributed by atoms with Crippen molar-refractivity contribution in [1.82, 2.24) is 0 Å². The van der Waals surface area contributed by atoms with Crippen LogP contribution < -0.4 is 4.74 Å². The highest BCUT2D eigenvalue weighted by atomic mass is 19.4. The van der Waals surface area contributed by atoms with E-state index in [9.17, 15) is 18.3 Å². The summed E-state index contributed by atoms with van der Waals surface area (Å²) >= 11 is 0. The summed E-state index contributed by atoms with van der Waals surface area (Å²) in [7, 11) is 1.52. The zero-order valence-electron chi connectivity index (χ0n) is 10.6. The Morgan fingerprint density at radius 2 is 1.95 bits per heavy atom. The van der Waals surface area contributed by atoms with Crippen molar-refractivity contribution in [3.63, 3.8) is 0 Å². The fourth-order valence-corrected chi connectivity index (χ4v) is 1.70. The third kappa shape index (κ3) is 5.94. The summed E-state index contributed by atoms with van der Waals surface area (Å²) in [5.41, 5.74) is 0.833. The van der Waals surface area contributed by atoms with Gasteiger partial charge in [0.25, 0.3) is 0 Å². The van der Waals surface area contributed by atoms with Crippen LogP contribution in [0.1, 0.15) is 5.56 Å². The summed E-state index contributed by atoms with van der Waals surface area (Å²) in [4.78, 5) is 0. The van der Waals surface area contributed by atoms with E-state index < -0.39 is 18.7 Å². The molecule has 1 aromatic rings. The molecule has 0 aliphatic rings. The number of rotatable bonds is 7. The number of para-hydroxylation sites is 1. The number of benzene rings is 1. The molecule has 0 radical (unpaired) electrons. The molecule has 0 aromatic heterocycles. The maximum atomic E-state index is 11.9. The molecular formula is C13H17F3O3. The highest BCUT2D eigenvalue weighted by Crippen LogP contribution is 2.21. The van der Waals surface area contributed by atoms with Crippen LogP contribution in [0.25, 0.3) is 0 Å². The first-order valence-corrected chi connectivity index (χ1v) is 5.83. The predicted molar refractivity (Wildman–Crippen MR) is 64.1 cm³/mol. The maximum Gasteiger partial charge on any atom is 0.411 e. The van der Waals surface area contributed by atoms with Crippen LogP contribution >= 0.6 is 0 Å². The van der Waals surface area contributed by atoms with E-state index in [-0.39, 0.29) is 13.2 Å². The Kier molecular flexibility index (Phi) is 6.11. The lowest BCUT2D eigenvalue weighted by Crippen LogP contribution is -2.23. The Hall–Kier alpha value is -1.27. The lowest BCUT2D eigenvalue weighted by molar-refractivity contribution is -0.177. The van der Waals surface area contributed by atoms with Gasteiger partial charge in [-0.1, -0.05) is 18.2 Å². The second kappa shape index (κ2) is 7.35. The molecule has 1 unspecified atom stereocenters. The van der Waals surface area contributed by atoms with Crippen molar-refractivity contribution in [3.05, 3.63) is 29.8 Å². The Labute approximate surface area is 110 Å². The number of halogens is 3. The Morgan fingerprint density at radius 1 is 1.26 bits per heavy atom. The molecule has 0 bridgehead atoms. The van der Waals surface area contributed by atoms with Gasteiger partial charge in [0, 0.05) is 12.5 Å². The first-order chi connectivity index (χ1) is 8.96. The van der Waals surface area contributed by atoms with E-state index in [1.807, 2.05) is 12.1 Å². The first-order valence-electron chi connectivity index (χ1n) is 5.83. The van der Waals surface area contributed by atoms with E-state index in [0.29, 0.717) is 12.2 Å². The van der Waals surface area contributed by atoms with E-state index in [1.54, 1.807) is 12.1 Å². The number of alkyl halides is 3. The standard InChI is InChI=1S/C13H17F3O3/c1-18-12-5-3-2-4-11(12)6-10(7-17)8-19-9-13(14,15)16/h2-5,10,17H,6-9H2,1H3. The van der Waals surface area contributed by atoms with Gasteiger partial charge in [-0.15, -0.1) is 0 Å². The minimum absolute atomic E-state index is 0.145. The predicted octanol–water partition coefficient (Wildman–Crippen LogP) is 2.43. The van der Waals surface area contributed by atoms with Gasteiger partial charge >= 0.3 is 6.18 Å². The fraction of sp³-hybridized carbons (Fsp3) is 0.538. The van der Waals surface area contributed by atoms with E-state index in [4.69, 9.17) is 4.74 Å². The molecule has 108 valence electrons. The van der Waals surface area contributed by atoms with Gasteiger partial charge in [-0.25, -0.2) is 0 Å². The van der Waals surface area contributed by atoms with E-state index in [0.717, 1.165) is 5.56 Å². The third-order valence-corrected chi connectivity index (χ3v) is 2.58. The molecule has 3 nitrogen and oxygen atoms in total. The van der Waals surface area contributed by atoms with Crippen LogP contribution in [0.2, 0.25) is 0 Å². The van der Waals surface area contributed by atoms with Crippen LogP contribution in [-0.4, -0.2) is 38.2 Å². The monoisotopic (exact) mass is 278 g/mol. The summed E-state index contributed by atoms with van der Waals surface area (Å²) in [6.07, 6.45) is -3.94. The van der Waals surface area contributed by atoms with Gasteiger partial charge in [0.2, 0.25) is 0 Å². The molecule has 19 heavy (non-hydrogen) atoms. The summed E-state index contributed by atoms with van der Waals surface area (Å²) < 4.78 is 45.6. The van der Waals surface area contributed by atoms with Gasteiger partial charge in [-0.3, -0.25) is 0 Å². The van der Waals surface area contributed by atoms with Crippen LogP contribution in [0.3, 0.4) is 0 Å². The second-order valence-electron chi connectivity index (χ2n) is 4.19. The van der Waals surface area contributed by atoms with Gasteiger partial charge in [-0.2, -0.15) is 13.2 Å². The van der Waals surface area contributed by atoms with Gasteiger partial charge in [0.1, 0.15) is 12.4 Å². The Morgan fingerprint density at radius 3 is 2.53 bits per heavy atom. The van der Waals surface area contributed by atoms with Crippen molar-refractivity contribution >= 4 is 0 Å². The topological polar surface area (TPSA) is 38.7 Å². The number of methoxy groups -OCH3 is 1. The van der Waals surface area contributed by atoms with Crippen molar-refractivity contribution in [2.45, 2.75) is 12.6 Å². The van der Waals surface area contributed by atoms with Crippen LogP contribution in [0.4, 0.5) is 13.2 Å². The highest BCUT2D eigenvalue weighted by Gasteiger charge is 2.28. The number of aliphatic hydroxyl groups excluding tert-OH is 1. The van der Waals surface area contributed by atoms with Gasteiger partial charge in [0.05, 0.1) is 13.7 Å². The zero-order chi connectivity index (χ0) is 14.3. The first kappa shape index (κ1) is 15.8. The van der Waals surface area contributed by atoms with Crippen molar-refractivity contribution in [2.24, 2.45) is 5.92 Å². The fourth-order valence-electron chi connectivity index (χ4n) is 1.70. The molecule has 1 N–H and O–H groups in total. The number of hydrogen-bond donors (Lipinski definition) is 1. The molecule has 0 heterocycles. The number of aliphatic hydroxyl groups is 1. The number of hydrogen-bond acceptors (Lipinski definition) is 3. The summed E-state index contributed by atoms with van der Waals surface area (Å²) in [5.74, 6) is 0.260. The smallest absolute Gasteiger partial charge is 0.411 e. The lowest BCUT2D eigenvalue weighted by Gasteiger charge is -2.17. The molecule has 1 rings (SSSR count). The van der Waals surface area contributed by atoms with Crippen LogP contribution in [0, 0.1) is 5.92 Å². The number of ether oxygens (including phenoxy) is 2. The van der Waals surface area contributed by atoms with E-state index in [1.165, 1.54) is 7.11 Å². The van der Waals surface area contributed by atoms with Crippen LogP contribution in [-0.2, 0) is 11.2 Å². The lowest BCUT2D eigenvalue weighted by atomic mass is 10.00. The van der Waals surface area contributed by atoms with E-state index in [2.05, 4.69) is 4.74 Å². The molecule has 0 aliphatic carbocycles. The third-order valence-electron chi connectivity index (χ3n) is 2.58. The molecule has 6 heteroatoms. The molecule has 0 fully saturated rings. The van der Waals surface area contributed by atoms with Crippen LogP contribution in [0.15, 0.2) is 24.3 Å². The second-order valence-corrected chi connectivity index (χ2v) is 4.19. The average molecular weight is 278 g/mol. The normalized spacial score (nSPS) is 13.3. The maximum absolute atomic E-state index is 11.9. The summed E-state index contributed by atoms with van der Waals surface area (Å²) in [5, 5.41) is 9.18. The van der Waals surface area contributed by atoms with Crippen molar-refractivity contribution in [1.29, 1.82) is 0 Å². The quantitative estimate of drug-likeness (QED) is 0.832. The molecule has 0 aliphatic heterocycles. The molecule has 0 spiro atoms. The molecule has 0 amide bonds. The molecule has 1 aromatic carbocycles. The van der Waals surface area contributed by atoms with E-state index >= 15 is 0 Å². The molecule has 0 saturated carbocycles. The molecular weight excluding hydrogens is 261 g/mol. The minimum Gasteiger partial charge on any atom is -0.496 e. The Bertz CT molecular complexity index is 380. The van der Waals surface area contributed by atoms with Crippen LogP contribution in [0.5, 0.6) is 5.75 Å².